The molecule has 3 fully saturated rings. The molecule has 0 unspecified atom stereocenters. The third-order valence-electron chi connectivity index (χ3n) is 13.8. The third kappa shape index (κ3) is 11.6. The van der Waals surface area contributed by atoms with Crippen LogP contribution in [0.4, 0.5) is 0 Å². The molecule has 17 atom stereocenters. The summed E-state index contributed by atoms with van der Waals surface area (Å²) in [5.74, 6) is -2.49. The highest BCUT2D eigenvalue weighted by Gasteiger charge is 2.52. The number of hydrogen-bond donors (Lipinski definition) is 3. The summed E-state index contributed by atoms with van der Waals surface area (Å²) in [6.45, 7) is 16.1. The normalized spacial score (nSPS) is 41.5. The molecule has 3 aliphatic rings. The molecule has 0 spiro atoms. The molecule has 3 aliphatic heterocycles. The largest absolute Gasteiger partial charge is 0.464 e. The number of aromatic nitrogens is 3. The minimum Gasteiger partial charge on any atom is -0.464 e. The molecule has 1 aromatic carbocycles. The number of aliphatic hydroxyl groups is 3. The summed E-state index contributed by atoms with van der Waals surface area (Å²) >= 11 is 0. The number of carbonyl (C=O) groups is 1. The maximum Gasteiger partial charge on any atom is 0.311 e. The van der Waals surface area contributed by atoms with E-state index in [9.17, 15) is 20.1 Å². The number of aliphatic hydroxyl groups excluding tert-OH is 3. The first-order valence-corrected chi connectivity index (χ1v) is 22.0. The van der Waals surface area contributed by atoms with E-state index in [1.165, 1.54) is 0 Å². The highest BCUT2D eigenvalue weighted by Crippen LogP contribution is 2.41. The molecular formula is C45H75N5O11. The van der Waals surface area contributed by atoms with Crippen LogP contribution in [0.3, 0.4) is 0 Å². The fourth-order valence-corrected chi connectivity index (χ4v) is 9.72. The standard InChI is InChI=1S/C45H75N5O11/c1-26-20-45(8,56-13)41(61-43-38(52)35(48(9)10)19-28(3)58-43)29(4)39(60-36-21-44(7,55-12)40(53)31(6)59-36)30(5)42(54)57-25-33(49(11)22-27(2)37(26)51)23-50-24-34(46-47-50)32-17-15-14-16-18-32/h14-18,24,26-31,33,35-41,43,51-53H,19-23,25H2,1-13H3/t26-,27-,28-,29+,30-,31+,33+,35+,36+,37+,38-,39+,40+,41-,43+,44-,45-/m1/s1. The lowest BCUT2D eigenvalue weighted by atomic mass is 9.75. The summed E-state index contributed by atoms with van der Waals surface area (Å²) in [7, 11) is 8.95. The average Bonchev–Trinajstić information content (AvgIpc) is 3.70. The Morgan fingerprint density at radius 2 is 1.57 bits per heavy atom. The van der Waals surface area contributed by atoms with Gasteiger partial charge in [0.25, 0.3) is 0 Å². The number of esters is 1. The first-order chi connectivity index (χ1) is 28.7. The first-order valence-electron chi connectivity index (χ1n) is 22.0. The molecule has 3 N–H and O–H groups in total. The van der Waals surface area contributed by atoms with Crippen LogP contribution in [0.2, 0.25) is 0 Å². The van der Waals surface area contributed by atoms with Crippen LogP contribution < -0.4 is 0 Å². The lowest BCUT2D eigenvalue weighted by Crippen LogP contribution is -2.61. The molecule has 61 heavy (non-hydrogen) atoms. The molecule has 2 aromatic rings. The highest BCUT2D eigenvalue weighted by atomic mass is 16.7. The second-order valence-corrected chi connectivity index (χ2v) is 18.9. The van der Waals surface area contributed by atoms with Gasteiger partial charge >= 0.3 is 5.97 Å². The SMILES string of the molecule is CO[C@]1(C)C[C@@H](C)[C@H](O)[C@H](C)CN(C)[C@@H](Cn2cc(-c3ccccc3)nn2)COC(=O)[C@H](C)[C@@H](O[C@H]2C[C@@](C)(OC)[C@@H](O)[C@H](C)O2)[C@H](C)[C@H]1O[C@@H]1O[C@H](C)C[C@H](N(C)C)[C@H]1O. The van der Waals surface area contributed by atoms with E-state index < -0.39 is 78.2 Å². The molecule has 3 saturated heterocycles. The van der Waals surface area contributed by atoms with E-state index in [2.05, 4.69) is 15.2 Å². The predicted octanol–water partition coefficient (Wildman–Crippen LogP) is 3.60. The zero-order chi connectivity index (χ0) is 45.0. The molecule has 1 aromatic heterocycles. The second-order valence-electron chi connectivity index (χ2n) is 18.9. The Hall–Kier alpha value is -2.61. The minimum atomic E-state index is -1.10. The third-order valence-corrected chi connectivity index (χ3v) is 13.8. The highest BCUT2D eigenvalue weighted by molar-refractivity contribution is 5.72. The number of benzene rings is 1. The summed E-state index contributed by atoms with van der Waals surface area (Å²) in [6, 6.07) is 9.22. The van der Waals surface area contributed by atoms with E-state index in [0.717, 1.165) is 11.3 Å². The van der Waals surface area contributed by atoms with Crippen molar-refractivity contribution in [2.24, 2.45) is 23.7 Å². The second kappa shape index (κ2) is 20.9. The van der Waals surface area contributed by atoms with Crippen LogP contribution in [-0.2, 0) is 44.5 Å². The number of rotatable bonds is 10. The quantitative estimate of drug-likeness (QED) is 0.295. The Labute approximate surface area is 363 Å². The van der Waals surface area contributed by atoms with Gasteiger partial charge in [0.05, 0.1) is 66.4 Å². The van der Waals surface area contributed by atoms with Crippen molar-refractivity contribution < 1.29 is 53.3 Å². The number of methoxy groups -OCH3 is 2. The van der Waals surface area contributed by atoms with Crippen molar-refractivity contribution in [1.29, 1.82) is 0 Å². The molecule has 0 bridgehead atoms. The van der Waals surface area contributed by atoms with Gasteiger partial charge < -0.3 is 53.4 Å². The van der Waals surface area contributed by atoms with Crippen molar-refractivity contribution in [3.63, 3.8) is 0 Å². The van der Waals surface area contributed by atoms with Gasteiger partial charge in [0.15, 0.2) is 12.6 Å². The Morgan fingerprint density at radius 1 is 0.902 bits per heavy atom. The van der Waals surface area contributed by atoms with Gasteiger partial charge in [0.2, 0.25) is 0 Å². The maximum atomic E-state index is 14.5. The van der Waals surface area contributed by atoms with Crippen molar-refractivity contribution in [2.45, 2.75) is 160 Å². The van der Waals surface area contributed by atoms with Crippen molar-refractivity contribution in [2.75, 3.05) is 48.5 Å². The summed E-state index contributed by atoms with van der Waals surface area (Å²) < 4.78 is 46.7. The molecule has 0 saturated carbocycles. The molecule has 0 radical (unpaired) electrons. The van der Waals surface area contributed by atoms with Crippen molar-refractivity contribution in [3.05, 3.63) is 36.5 Å². The Morgan fingerprint density at radius 3 is 2.21 bits per heavy atom. The van der Waals surface area contributed by atoms with E-state index in [-0.39, 0.29) is 43.1 Å². The summed E-state index contributed by atoms with van der Waals surface area (Å²) in [5, 5.41) is 43.6. The average molecular weight is 862 g/mol. The molecule has 346 valence electrons. The van der Waals surface area contributed by atoms with Crippen molar-refractivity contribution in [3.8, 4) is 11.3 Å². The molecule has 5 rings (SSSR count). The van der Waals surface area contributed by atoms with Crippen LogP contribution in [-0.4, -0.2) is 173 Å². The van der Waals surface area contributed by atoms with Gasteiger partial charge in [-0.05, 0) is 80.4 Å². The van der Waals surface area contributed by atoms with E-state index in [4.69, 9.17) is 33.2 Å². The van der Waals surface area contributed by atoms with Gasteiger partial charge in [-0.2, -0.15) is 0 Å². The van der Waals surface area contributed by atoms with Gasteiger partial charge in [-0.1, -0.05) is 56.3 Å². The lowest BCUT2D eigenvalue weighted by molar-refractivity contribution is -0.319. The monoisotopic (exact) mass is 862 g/mol. The van der Waals surface area contributed by atoms with Crippen LogP contribution >= 0.6 is 0 Å². The molecule has 0 amide bonds. The molecule has 0 aliphatic carbocycles. The first kappa shape index (κ1) is 49.4. The van der Waals surface area contributed by atoms with E-state index in [1.807, 2.05) is 104 Å². The van der Waals surface area contributed by atoms with Gasteiger partial charge in [0.1, 0.15) is 24.5 Å². The summed E-state index contributed by atoms with van der Waals surface area (Å²) in [5.41, 5.74) is -0.428. The Kier molecular flexibility index (Phi) is 16.9. The Balaban J connectivity index is 1.55. The number of carbonyl (C=O) groups excluding carboxylic acids is 1. The van der Waals surface area contributed by atoms with Crippen molar-refractivity contribution >= 4 is 5.97 Å². The minimum absolute atomic E-state index is 0.0200. The fraction of sp³-hybridized carbons (Fsp3) is 0.800. The fourth-order valence-electron chi connectivity index (χ4n) is 9.72. The van der Waals surface area contributed by atoms with Crippen LogP contribution in [0.5, 0.6) is 0 Å². The van der Waals surface area contributed by atoms with E-state index in [1.54, 1.807) is 32.7 Å². The van der Waals surface area contributed by atoms with Gasteiger partial charge in [-0.15, -0.1) is 5.10 Å². The lowest BCUT2D eigenvalue weighted by Gasteiger charge is -2.49. The van der Waals surface area contributed by atoms with Gasteiger partial charge in [0, 0.05) is 44.7 Å². The molecular weight excluding hydrogens is 787 g/mol. The predicted molar refractivity (Wildman–Crippen MR) is 228 cm³/mol. The van der Waals surface area contributed by atoms with Gasteiger partial charge in [-0.25, -0.2) is 0 Å². The number of cyclic esters (lactones) is 1. The van der Waals surface area contributed by atoms with Crippen LogP contribution in [0, 0.1) is 23.7 Å². The van der Waals surface area contributed by atoms with E-state index >= 15 is 0 Å². The summed E-state index contributed by atoms with van der Waals surface area (Å²) in [4.78, 5) is 18.6. The van der Waals surface area contributed by atoms with Crippen LogP contribution in [0.15, 0.2) is 36.5 Å². The number of hydrogen-bond acceptors (Lipinski definition) is 15. The van der Waals surface area contributed by atoms with Gasteiger partial charge in [-0.3, -0.25) is 14.4 Å². The van der Waals surface area contributed by atoms with Crippen LogP contribution in [0.25, 0.3) is 11.3 Å². The zero-order valence-electron chi connectivity index (χ0n) is 38.7. The number of ether oxygens (including phenoxy) is 7. The van der Waals surface area contributed by atoms with Crippen molar-refractivity contribution in [1.82, 2.24) is 24.8 Å². The van der Waals surface area contributed by atoms with Crippen LogP contribution in [0.1, 0.15) is 74.7 Å². The smallest absolute Gasteiger partial charge is 0.311 e. The molecule has 16 heteroatoms. The summed E-state index contributed by atoms with van der Waals surface area (Å²) in [6.07, 6.45) is -4.24. The number of likely N-dealkylation sites (N-methyl/N-ethyl adjacent to an activating group) is 2. The maximum absolute atomic E-state index is 14.5. The molecule has 4 heterocycles. The topological polar surface area (TPSA) is 180 Å². The number of nitrogens with zero attached hydrogens (tertiary/aromatic N) is 5. The Bertz CT molecular complexity index is 1670. The zero-order valence-corrected chi connectivity index (χ0v) is 38.7. The molecule has 16 nitrogen and oxygen atoms in total. The van der Waals surface area contributed by atoms with E-state index in [0.29, 0.717) is 25.9 Å².